The Bertz CT molecular complexity index is 81.9. The highest BCUT2D eigenvalue weighted by atomic mass is 17.2. The van der Waals surface area contributed by atoms with Crippen molar-refractivity contribution in [3.8, 4) is 0 Å². The Hall–Kier alpha value is -0.420. The van der Waals surface area contributed by atoms with Crippen LogP contribution < -0.4 is 0 Å². The number of hydroxylamine groups is 3. The third-order valence-corrected chi connectivity index (χ3v) is 0.987. The zero-order chi connectivity index (χ0) is 7.33. The molecule has 0 aromatic rings. The lowest BCUT2D eigenvalue weighted by atomic mass is 11.0. The van der Waals surface area contributed by atoms with Crippen molar-refractivity contribution >= 4 is 0 Å². The lowest BCUT2D eigenvalue weighted by molar-refractivity contribution is -1.33. The SMILES string of the molecule is C=C[N+](OC)(OC)OC. The molecule has 4 heteroatoms. The van der Waals surface area contributed by atoms with E-state index in [-0.39, 0.29) is 0 Å². The number of hydrogen-bond donors (Lipinski definition) is 0. The first-order chi connectivity index (χ1) is 4.24. The van der Waals surface area contributed by atoms with Gasteiger partial charge in [0.2, 0.25) is 0 Å². The molecule has 0 bridgehead atoms. The van der Waals surface area contributed by atoms with Gasteiger partial charge in [0.1, 0.15) is 26.3 Å². The maximum Gasteiger partial charge on any atom is 0.195 e. The Kier molecular flexibility index (Phi) is 3.41. The summed E-state index contributed by atoms with van der Waals surface area (Å²) in [6.07, 6.45) is 1.38. The summed E-state index contributed by atoms with van der Waals surface area (Å²) < 4.78 is 0. The highest BCUT2D eigenvalue weighted by Crippen LogP contribution is 2.06. The minimum Gasteiger partial charge on any atom is -0.130 e. The van der Waals surface area contributed by atoms with Crippen LogP contribution in [0.3, 0.4) is 0 Å². The molecular weight excluding hydrogens is 122 g/mol. The van der Waals surface area contributed by atoms with E-state index in [1.54, 1.807) is 0 Å². The van der Waals surface area contributed by atoms with Gasteiger partial charge in [-0.15, -0.1) is 14.5 Å². The van der Waals surface area contributed by atoms with Gasteiger partial charge in [0, 0.05) is 0 Å². The first-order valence-corrected chi connectivity index (χ1v) is 2.44. The molecule has 0 fully saturated rings. The largest absolute Gasteiger partial charge is 0.195 e. The molecule has 54 valence electrons. The average molecular weight is 134 g/mol. The van der Waals surface area contributed by atoms with Crippen molar-refractivity contribution in [2.45, 2.75) is 0 Å². The summed E-state index contributed by atoms with van der Waals surface area (Å²) in [5.41, 5.74) is 0. The number of quaternary nitrogens is 1. The summed E-state index contributed by atoms with van der Waals surface area (Å²) in [7, 11) is 4.36. The lowest BCUT2D eigenvalue weighted by Gasteiger charge is -2.19. The quantitative estimate of drug-likeness (QED) is 0.417. The van der Waals surface area contributed by atoms with E-state index in [0.717, 1.165) is 0 Å². The van der Waals surface area contributed by atoms with Crippen molar-refractivity contribution in [1.82, 2.24) is 0 Å². The molecule has 0 saturated heterocycles. The minimum absolute atomic E-state index is 0.458. The summed E-state index contributed by atoms with van der Waals surface area (Å²) in [5, 5.41) is 0. The molecule has 0 N–H and O–H groups in total. The monoisotopic (exact) mass is 134 g/mol. The normalized spacial score (nSPS) is 11.4. The van der Waals surface area contributed by atoms with E-state index in [2.05, 4.69) is 6.58 Å². The van der Waals surface area contributed by atoms with Crippen LogP contribution in [0.15, 0.2) is 12.8 Å². The third kappa shape index (κ3) is 1.76. The Morgan fingerprint density at radius 2 is 1.44 bits per heavy atom. The first kappa shape index (κ1) is 8.58. The van der Waals surface area contributed by atoms with Crippen LogP contribution in [0.1, 0.15) is 0 Å². The molecule has 0 radical (unpaired) electrons. The fraction of sp³-hybridized carbons (Fsp3) is 0.600. The van der Waals surface area contributed by atoms with Crippen molar-refractivity contribution in [1.29, 1.82) is 0 Å². The van der Waals surface area contributed by atoms with Gasteiger partial charge in [-0.25, -0.2) is 0 Å². The van der Waals surface area contributed by atoms with Gasteiger partial charge in [-0.1, -0.05) is 0 Å². The Balaban J connectivity index is 3.98. The van der Waals surface area contributed by atoms with Gasteiger partial charge in [-0.3, -0.25) is 0 Å². The molecule has 0 aromatic carbocycles. The first-order valence-electron chi connectivity index (χ1n) is 2.44. The minimum atomic E-state index is -0.458. The van der Waals surface area contributed by atoms with Crippen LogP contribution in [0.5, 0.6) is 0 Å². The second kappa shape index (κ2) is 3.58. The summed E-state index contributed by atoms with van der Waals surface area (Å²) in [6, 6.07) is 0. The Labute approximate surface area is 54.7 Å². The fourth-order valence-electron chi connectivity index (χ4n) is 0.447. The van der Waals surface area contributed by atoms with E-state index in [4.69, 9.17) is 14.5 Å². The maximum atomic E-state index is 4.76. The predicted octanol–water partition coefficient (Wildman–Crippen LogP) is 0.631. The van der Waals surface area contributed by atoms with Gasteiger partial charge < -0.3 is 0 Å². The molecule has 0 heterocycles. The second-order valence-corrected chi connectivity index (χ2v) is 1.27. The topological polar surface area (TPSA) is 27.7 Å². The molecule has 0 saturated carbocycles. The van der Waals surface area contributed by atoms with Gasteiger partial charge in [0.25, 0.3) is 0 Å². The average Bonchev–Trinajstić information content (AvgIpc) is 1.95. The third-order valence-electron chi connectivity index (χ3n) is 0.987. The van der Waals surface area contributed by atoms with Crippen LogP contribution in [-0.2, 0) is 14.5 Å². The van der Waals surface area contributed by atoms with Gasteiger partial charge in [0.05, 0.1) is 0 Å². The van der Waals surface area contributed by atoms with Crippen molar-refractivity contribution in [2.75, 3.05) is 21.3 Å². The van der Waals surface area contributed by atoms with Crippen molar-refractivity contribution in [3.63, 3.8) is 0 Å². The van der Waals surface area contributed by atoms with Gasteiger partial charge in [-0.2, -0.15) is 0 Å². The van der Waals surface area contributed by atoms with Crippen LogP contribution >= 0.6 is 0 Å². The zero-order valence-corrected chi connectivity index (χ0v) is 5.96. The van der Waals surface area contributed by atoms with E-state index in [0.29, 0.717) is 0 Å². The van der Waals surface area contributed by atoms with Crippen LogP contribution in [0.2, 0.25) is 0 Å². The van der Waals surface area contributed by atoms with Gasteiger partial charge in [0.15, 0.2) is 6.20 Å². The molecule has 0 atom stereocenters. The number of nitrogens with zero attached hydrogens (tertiary/aromatic N) is 1. The predicted molar refractivity (Wildman–Crippen MR) is 31.5 cm³/mol. The van der Waals surface area contributed by atoms with Crippen LogP contribution in [0.25, 0.3) is 0 Å². The maximum absolute atomic E-state index is 4.76. The van der Waals surface area contributed by atoms with Crippen LogP contribution in [0, 0.1) is 0 Å². The van der Waals surface area contributed by atoms with E-state index >= 15 is 0 Å². The van der Waals surface area contributed by atoms with Crippen molar-refractivity contribution in [2.24, 2.45) is 0 Å². The fourth-order valence-corrected chi connectivity index (χ4v) is 0.447. The smallest absolute Gasteiger partial charge is 0.130 e. The Morgan fingerprint density at radius 3 is 1.44 bits per heavy atom. The molecule has 0 unspecified atom stereocenters. The molecule has 0 aliphatic heterocycles. The van der Waals surface area contributed by atoms with Gasteiger partial charge >= 0.3 is 0 Å². The van der Waals surface area contributed by atoms with Crippen molar-refractivity contribution < 1.29 is 19.5 Å². The highest BCUT2D eigenvalue weighted by molar-refractivity contribution is 4.41. The van der Waals surface area contributed by atoms with E-state index < -0.39 is 4.97 Å². The highest BCUT2D eigenvalue weighted by Gasteiger charge is 2.25. The summed E-state index contributed by atoms with van der Waals surface area (Å²) >= 11 is 0. The lowest BCUT2D eigenvalue weighted by Crippen LogP contribution is -2.38. The number of hydrogen-bond acceptors (Lipinski definition) is 3. The molecule has 4 nitrogen and oxygen atoms in total. The molecule has 0 rings (SSSR count). The molecular formula is C5H12NO3+. The molecule has 0 spiro atoms. The summed E-state index contributed by atoms with van der Waals surface area (Å²) in [4.78, 5) is 13.8. The number of rotatable bonds is 4. The molecule has 0 aromatic heterocycles. The standard InChI is InChI=1S/C5H12NO3/c1-5-6(7-2,8-3)9-4/h5H,1H2,2-4H3/q+1. The van der Waals surface area contributed by atoms with Gasteiger partial charge in [-0.05, 0) is 6.58 Å². The van der Waals surface area contributed by atoms with E-state index in [9.17, 15) is 0 Å². The second-order valence-electron chi connectivity index (χ2n) is 1.27. The summed E-state index contributed by atoms with van der Waals surface area (Å²) in [6.45, 7) is 3.44. The van der Waals surface area contributed by atoms with Crippen molar-refractivity contribution in [3.05, 3.63) is 12.8 Å². The molecule has 0 amide bonds. The van der Waals surface area contributed by atoms with Crippen LogP contribution in [0.4, 0.5) is 0 Å². The van der Waals surface area contributed by atoms with E-state index in [1.165, 1.54) is 27.5 Å². The molecule has 0 aliphatic carbocycles. The Morgan fingerprint density at radius 1 is 1.11 bits per heavy atom. The van der Waals surface area contributed by atoms with E-state index in [1.807, 2.05) is 0 Å². The summed E-state index contributed by atoms with van der Waals surface area (Å²) in [5.74, 6) is 0. The molecule has 0 aliphatic rings. The molecule has 9 heavy (non-hydrogen) atoms. The van der Waals surface area contributed by atoms with Crippen LogP contribution in [-0.4, -0.2) is 26.3 Å². The zero-order valence-electron chi connectivity index (χ0n) is 5.96.